The zero-order valence-electron chi connectivity index (χ0n) is 23.2. The van der Waals surface area contributed by atoms with Crippen molar-refractivity contribution in [1.82, 2.24) is 5.32 Å². The van der Waals surface area contributed by atoms with Crippen molar-refractivity contribution >= 4 is 5.91 Å². The summed E-state index contributed by atoms with van der Waals surface area (Å²) in [5.74, 6) is 1.47. The van der Waals surface area contributed by atoms with Crippen molar-refractivity contribution in [2.24, 2.45) is 39.4 Å². The van der Waals surface area contributed by atoms with Crippen LogP contribution in [0.1, 0.15) is 113 Å². The lowest BCUT2D eigenvalue weighted by Crippen LogP contribution is -2.59. The normalized spacial score (nSPS) is 56.8. The van der Waals surface area contributed by atoms with E-state index in [-0.39, 0.29) is 45.8 Å². The Morgan fingerprint density at radius 1 is 0.914 bits per heavy atom. The van der Waals surface area contributed by atoms with Crippen LogP contribution in [0.3, 0.4) is 0 Å². The molecule has 198 valence electrons. The summed E-state index contributed by atoms with van der Waals surface area (Å²) in [5.41, 5.74) is -0.716. The summed E-state index contributed by atoms with van der Waals surface area (Å²) in [4.78, 5) is 12.6. The first kappa shape index (κ1) is 24.7. The first-order valence-electron chi connectivity index (χ1n) is 14.4. The van der Waals surface area contributed by atoms with Crippen LogP contribution < -0.4 is 5.32 Å². The minimum atomic E-state index is -0.862. The number of ether oxygens (including phenoxy) is 1. The van der Waals surface area contributed by atoms with Gasteiger partial charge in [-0.25, -0.2) is 0 Å². The molecular formula is C30H49NO4. The third-order valence-corrected chi connectivity index (χ3v) is 13.3. The van der Waals surface area contributed by atoms with Gasteiger partial charge in [0.1, 0.15) is 0 Å². The highest BCUT2D eigenvalue weighted by Crippen LogP contribution is 2.88. The summed E-state index contributed by atoms with van der Waals surface area (Å²) >= 11 is 0. The fraction of sp³-hybridized carbons (Fsp3) is 0.967. The van der Waals surface area contributed by atoms with Gasteiger partial charge < -0.3 is 20.3 Å². The SMILES string of the molecule is CC1(C)NC(=O)CC[C@]23C[C@]24CC[C@]2(C)C([C@]5(C)CC[C@H](C(C)(C)O)O5)[C@@H](O)C[C@@]2(C)C4CCC13. The average Bonchev–Trinajstić information content (AvgIpc) is 3.16. The number of carbonyl (C=O) groups is 1. The summed E-state index contributed by atoms with van der Waals surface area (Å²) in [6.45, 7) is 15.4. The number of carbonyl (C=O) groups excluding carboxylic acids is 1. The number of aliphatic hydroxyl groups is 2. The molecule has 4 aliphatic carbocycles. The Morgan fingerprint density at radius 3 is 2.23 bits per heavy atom. The van der Waals surface area contributed by atoms with Gasteiger partial charge in [-0.2, -0.15) is 0 Å². The largest absolute Gasteiger partial charge is 0.393 e. The maximum atomic E-state index is 12.6. The lowest BCUT2D eigenvalue weighted by molar-refractivity contribution is -0.189. The molecule has 6 rings (SSSR count). The Kier molecular flexibility index (Phi) is 4.83. The van der Waals surface area contributed by atoms with Crippen LogP contribution in [0.4, 0.5) is 0 Å². The molecule has 35 heavy (non-hydrogen) atoms. The number of rotatable bonds is 2. The van der Waals surface area contributed by atoms with Crippen molar-refractivity contribution in [3.8, 4) is 0 Å². The molecule has 4 saturated carbocycles. The summed E-state index contributed by atoms with van der Waals surface area (Å²) in [6.07, 6.45) is 9.78. The van der Waals surface area contributed by atoms with Crippen LogP contribution in [0.5, 0.6) is 0 Å². The number of nitrogens with one attached hydrogen (secondary N) is 1. The highest BCUT2D eigenvalue weighted by Gasteiger charge is 2.82. The zero-order chi connectivity index (χ0) is 25.4. The number of amides is 1. The van der Waals surface area contributed by atoms with Gasteiger partial charge in [-0.05, 0) is 126 Å². The van der Waals surface area contributed by atoms with E-state index in [2.05, 4.69) is 39.9 Å². The van der Waals surface area contributed by atoms with E-state index in [1.165, 1.54) is 25.7 Å². The molecule has 0 aromatic carbocycles. The van der Waals surface area contributed by atoms with Crippen LogP contribution in [-0.4, -0.2) is 45.1 Å². The van der Waals surface area contributed by atoms with Gasteiger partial charge in [0.15, 0.2) is 0 Å². The van der Waals surface area contributed by atoms with Gasteiger partial charge in [-0.3, -0.25) is 4.79 Å². The summed E-state index contributed by atoms with van der Waals surface area (Å²) < 4.78 is 6.68. The summed E-state index contributed by atoms with van der Waals surface area (Å²) in [6, 6.07) is 0. The van der Waals surface area contributed by atoms with Gasteiger partial charge in [0.25, 0.3) is 0 Å². The maximum Gasteiger partial charge on any atom is 0.220 e. The second-order valence-electron chi connectivity index (χ2n) is 15.6. The standard InChI is InChI=1S/C30H49NO4/c1-24(2)19-8-9-20-27(6)16-18(32)23(28(7)12-10-21(35-28)25(3,4)34)26(27,5)14-15-30(20)17-29(19,30)13-11-22(33)31-24/h18-21,23,32,34H,8-17H2,1-7H3,(H,31,33)/t18-,19?,20?,21+,23?,26+,27-,28-,29+,30-/m0/s1. The lowest BCUT2D eigenvalue weighted by atomic mass is 9.43. The summed E-state index contributed by atoms with van der Waals surface area (Å²) in [7, 11) is 0. The van der Waals surface area contributed by atoms with E-state index in [0.717, 1.165) is 32.1 Å². The average molecular weight is 488 g/mol. The number of hydrogen-bond acceptors (Lipinski definition) is 4. The Morgan fingerprint density at radius 2 is 1.57 bits per heavy atom. The molecule has 0 aromatic rings. The molecule has 2 heterocycles. The molecule has 0 bridgehead atoms. The van der Waals surface area contributed by atoms with E-state index in [0.29, 0.717) is 23.7 Å². The van der Waals surface area contributed by atoms with Crippen molar-refractivity contribution in [3.63, 3.8) is 0 Å². The van der Waals surface area contributed by atoms with Gasteiger partial charge in [-0.15, -0.1) is 0 Å². The van der Waals surface area contributed by atoms with Crippen LogP contribution in [-0.2, 0) is 9.53 Å². The Bertz CT molecular complexity index is 941. The molecule has 2 spiro atoms. The van der Waals surface area contributed by atoms with E-state index in [9.17, 15) is 15.0 Å². The number of aliphatic hydroxyl groups excluding tert-OH is 1. The molecule has 5 nitrogen and oxygen atoms in total. The number of hydrogen-bond donors (Lipinski definition) is 3. The highest BCUT2D eigenvalue weighted by atomic mass is 16.5. The molecule has 10 atom stereocenters. The number of fused-ring (bicyclic) bond motifs is 2. The molecule has 3 unspecified atom stereocenters. The van der Waals surface area contributed by atoms with Crippen LogP contribution >= 0.6 is 0 Å². The van der Waals surface area contributed by atoms with Gasteiger partial charge in [0.2, 0.25) is 5.91 Å². The predicted octanol–water partition coefficient (Wildman–Crippen LogP) is 4.97. The van der Waals surface area contributed by atoms with Crippen molar-refractivity contribution in [3.05, 3.63) is 0 Å². The van der Waals surface area contributed by atoms with E-state index in [1.807, 2.05) is 13.8 Å². The second kappa shape index (κ2) is 6.86. The molecule has 0 radical (unpaired) electrons. The molecular weight excluding hydrogens is 438 g/mol. The van der Waals surface area contributed by atoms with Gasteiger partial charge in [0.05, 0.1) is 23.4 Å². The quantitative estimate of drug-likeness (QED) is 0.514. The predicted molar refractivity (Wildman–Crippen MR) is 136 cm³/mol. The molecule has 6 fully saturated rings. The van der Waals surface area contributed by atoms with Crippen molar-refractivity contribution in [1.29, 1.82) is 0 Å². The molecule has 2 aliphatic heterocycles. The topological polar surface area (TPSA) is 78.8 Å². The second-order valence-corrected chi connectivity index (χ2v) is 15.6. The first-order valence-corrected chi connectivity index (χ1v) is 14.4. The molecule has 1 amide bonds. The highest BCUT2D eigenvalue weighted by molar-refractivity contribution is 5.77. The Balaban J connectivity index is 1.35. The van der Waals surface area contributed by atoms with Gasteiger partial charge >= 0.3 is 0 Å². The van der Waals surface area contributed by atoms with E-state index in [4.69, 9.17) is 4.74 Å². The Labute approximate surface area is 212 Å². The Hall–Kier alpha value is -0.650. The lowest BCUT2D eigenvalue weighted by Gasteiger charge is -2.62. The van der Waals surface area contributed by atoms with E-state index >= 15 is 0 Å². The van der Waals surface area contributed by atoms with Gasteiger partial charge in [0, 0.05) is 17.9 Å². The molecule has 0 aromatic heterocycles. The van der Waals surface area contributed by atoms with Gasteiger partial charge in [-0.1, -0.05) is 13.8 Å². The smallest absolute Gasteiger partial charge is 0.220 e. The molecule has 5 heteroatoms. The molecule has 3 N–H and O–H groups in total. The van der Waals surface area contributed by atoms with E-state index in [1.54, 1.807) is 0 Å². The fourth-order valence-electron chi connectivity index (χ4n) is 11.9. The first-order chi connectivity index (χ1) is 16.0. The van der Waals surface area contributed by atoms with Crippen LogP contribution in [0, 0.1) is 39.4 Å². The molecule has 6 aliphatic rings. The third kappa shape index (κ3) is 2.90. The minimum Gasteiger partial charge on any atom is -0.393 e. The third-order valence-electron chi connectivity index (χ3n) is 13.3. The minimum absolute atomic E-state index is 0.0104. The zero-order valence-corrected chi connectivity index (χ0v) is 23.2. The van der Waals surface area contributed by atoms with Crippen molar-refractivity contribution in [2.75, 3.05) is 0 Å². The summed E-state index contributed by atoms with van der Waals surface area (Å²) in [5, 5.41) is 25.8. The van der Waals surface area contributed by atoms with Crippen LogP contribution in [0.2, 0.25) is 0 Å². The fourth-order valence-corrected chi connectivity index (χ4v) is 11.9. The van der Waals surface area contributed by atoms with Crippen molar-refractivity contribution < 1.29 is 19.7 Å². The van der Waals surface area contributed by atoms with Crippen LogP contribution in [0.15, 0.2) is 0 Å². The monoisotopic (exact) mass is 487 g/mol. The van der Waals surface area contributed by atoms with Crippen LogP contribution in [0.25, 0.3) is 0 Å². The molecule has 2 saturated heterocycles. The van der Waals surface area contributed by atoms with Crippen molar-refractivity contribution in [2.45, 2.75) is 142 Å². The van der Waals surface area contributed by atoms with E-state index < -0.39 is 11.2 Å². The maximum absolute atomic E-state index is 12.6.